The minimum atomic E-state index is -1.61. The van der Waals surface area contributed by atoms with Gasteiger partial charge in [-0.25, -0.2) is 4.79 Å². The lowest BCUT2D eigenvalue weighted by atomic mass is 9.93. The van der Waals surface area contributed by atoms with Crippen LogP contribution in [0.1, 0.15) is 24.2 Å². The number of nitrogens with one attached hydrogen (secondary N) is 1. The van der Waals surface area contributed by atoms with Crippen LogP contribution in [0.2, 0.25) is 0 Å². The van der Waals surface area contributed by atoms with E-state index in [0.717, 1.165) is 0 Å². The standard InChI is InChI=1S/C15H17NO5/c1-3-20-14(18)11(12(16)15(19)21-4-2)13(17)10-8-6-5-7-9-10/h5-9,11,16H,3-4H2,1-2H3. The Labute approximate surface area is 122 Å². The average Bonchev–Trinajstić information content (AvgIpc) is 2.48. The van der Waals surface area contributed by atoms with Crippen molar-refractivity contribution in [2.45, 2.75) is 13.8 Å². The highest BCUT2D eigenvalue weighted by molar-refractivity contribution is 6.45. The molecule has 0 aliphatic rings. The van der Waals surface area contributed by atoms with Crippen molar-refractivity contribution in [3.63, 3.8) is 0 Å². The molecule has 1 N–H and O–H groups in total. The Bertz CT molecular complexity index is 538. The Balaban J connectivity index is 3.08. The molecule has 1 rings (SSSR count). The van der Waals surface area contributed by atoms with E-state index in [2.05, 4.69) is 4.74 Å². The third-order valence-corrected chi connectivity index (χ3v) is 2.63. The summed E-state index contributed by atoms with van der Waals surface area (Å²) in [5.41, 5.74) is -0.492. The van der Waals surface area contributed by atoms with Gasteiger partial charge < -0.3 is 9.47 Å². The van der Waals surface area contributed by atoms with Gasteiger partial charge in [-0.15, -0.1) is 0 Å². The minimum absolute atomic E-state index is 0.0491. The summed E-state index contributed by atoms with van der Waals surface area (Å²) in [6.07, 6.45) is 0. The van der Waals surface area contributed by atoms with Crippen LogP contribution in [0.5, 0.6) is 0 Å². The number of rotatable bonds is 7. The van der Waals surface area contributed by atoms with Crippen molar-refractivity contribution in [2.75, 3.05) is 13.2 Å². The number of ether oxygens (including phenoxy) is 2. The van der Waals surface area contributed by atoms with Gasteiger partial charge in [0.2, 0.25) is 0 Å². The Kier molecular flexibility index (Phi) is 6.26. The molecule has 0 bridgehead atoms. The summed E-state index contributed by atoms with van der Waals surface area (Å²) >= 11 is 0. The first-order valence-electron chi connectivity index (χ1n) is 6.54. The third kappa shape index (κ3) is 4.24. The van der Waals surface area contributed by atoms with E-state index in [4.69, 9.17) is 10.1 Å². The molecule has 1 atom stereocenters. The maximum absolute atomic E-state index is 12.4. The van der Waals surface area contributed by atoms with Crippen molar-refractivity contribution < 1.29 is 23.9 Å². The maximum Gasteiger partial charge on any atom is 0.353 e. The normalized spacial score (nSPS) is 11.3. The van der Waals surface area contributed by atoms with Crippen LogP contribution in [0.4, 0.5) is 0 Å². The van der Waals surface area contributed by atoms with Gasteiger partial charge in [0, 0.05) is 5.56 Å². The number of hydrogen-bond acceptors (Lipinski definition) is 6. The van der Waals surface area contributed by atoms with E-state index in [1.54, 1.807) is 32.0 Å². The minimum Gasteiger partial charge on any atom is -0.465 e. The molecule has 1 aromatic carbocycles. The van der Waals surface area contributed by atoms with Crippen LogP contribution in [0.3, 0.4) is 0 Å². The van der Waals surface area contributed by atoms with E-state index in [1.807, 2.05) is 0 Å². The summed E-state index contributed by atoms with van der Waals surface area (Å²) in [6, 6.07) is 7.99. The molecule has 1 unspecified atom stereocenters. The predicted molar refractivity (Wildman–Crippen MR) is 75.3 cm³/mol. The number of benzene rings is 1. The van der Waals surface area contributed by atoms with Crippen LogP contribution >= 0.6 is 0 Å². The van der Waals surface area contributed by atoms with Crippen LogP contribution in [0.25, 0.3) is 0 Å². The Hall–Kier alpha value is -2.50. The molecule has 21 heavy (non-hydrogen) atoms. The molecule has 112 valence electrons. The second-order valence-electron chi connectivity index (χ2n) is 4.05. The summed E-state index contributed by atoms with van der Waals surface area (Å²) in [6.45, 7) is 3.25. The van der Waals surface area contributed by atoms with Gasteiger partial charge in [-0.05, 0) is 13.8 Å². The second kappa shape index (κ2) is 7.94. The molecule has 0 amide bonds. The highest BCUT2D eigenvalue weighted by atomic mass is 16.5. The molecule has 0 aliphatic heterocycles. The van der Waals surface area contributed by atoms with Gasteiger partial charge >= 0.3 is 11.9 Å². The van der Waals surface area contributed by atoms with Crippen molar-refractivity contribution in [3.8, 4) is 0 Å². The van der Waals surface area contributed by atoms with Gasteiger partial charge in [0.15, 0.2) is 11.7 Å². The Morgan fingerprint density at radius 1 is 1.05 bits per heavy atom. The number of ketones is 1. The highest BCUT2D eigenvalue weighted by Crippen LogP contribution is 2.13. The average molecular weight is 291 g/mol. The number of carbonyl (C=O) groups is 3. The van der Waals surface area contributed by atoms with Gasteiger partial charge in [-0.1, -0.05) is 30.3 Å². The van der Waals surface area contributed by atoms with E-state index in [-0.39, 0.29) is 18.8 Å². The molecule has 0 heterocycles. The van der Waals surface area contributed by atoms with Crippen LogP contribution in [0.15, 0.2) is 30.3 Å². The largest absolute Gasteiger partial charge is 0.465 e. The molecule has 0 aliphatic carbocycles. The van der Waals surface area contributed by atoms with Gasteiger partial charge in [0.25, 0.3) is 0 Å². The van der Waals surface area contributed by atoms with E-state index in [0.29, 0.717) is 0 Å². The summed E-state index contributed by atoms with van der Waals surface area (Å²) in [5, 5.41) is 7.75. The number of esters is 2. The van der Waals surface area contributed by atoms with Crippen molar-refractivity contribution in [1.82, 2.24) is 0 Å². The lowest BCUT2D eigenvalue weighted by Gasteiger charge is -2.14. The molecular formula is C15H17NO5. The predicted octanol–water partition coefficient (Wildman–Crippen LogP) is 1.63. The lowest BCUT2D eigenvalue weighted by Crippen LogP contribution is -2.38. The maximum atomic E-state index is 12.4. The summed E-state index contributed by atoms with van der Waals surface area (Å²) in [5.74, 6) is -4.19. The van der Waals surface area contributed by atoms with Gasteiger partial charge in [-0.3, -0.25) is 15.0 Å². The second-order valence-corrected chi connectivity index (χ2v) is 4.05. The third-order valence-electron chi connectivity index (χ3n) is 2.63. The van der Waals surface area contributed by atoms with Crippen molar-refractivity contribution >= 4 is 23.4 Å². The summed E-state index contributed by atoms with van der Waals surface area (Å²) < 4.78 is 9.46. The highest BCUT2D eigenvalue weighted by Gasteiger charge is 2.37. The quantitative estimate of drug-likeness (QED) is 0.356. The van der Waals surface area contributed by atoms with Gasteiger partial charge in [-0.2, -0.15) is 0 Å². The zero-order valence-corrected chi connectivity index (χ0v) is 11.9. The first-order valence-corrected chi connectivity index (χ1v) is 6.54. The molecule has 0 spiro atoms. The first-order chi connectivity index (χ1) is 10.0. The fourth-order valence-electron chi connectivity index (χ4n) is 1.68. The molecular weight excluding hydrogens is 274 g/mol. The smallest absolute Gasteiger partial charge is 0.353 e. The molecule has 0 saturated heterocycles. The number of carbonyl (C=O) groups excluding carboxylic acids is 3. The lowest BCUT2D eigenvalue weighted by molar-refractivity contribution is -0.145. The van der Waals surface area contributed by atoms with Crippen molar-refractivity contribution in [2.24, 2.45) is 5.92 Å². The van der Waals surface area contributed by atoms with Crippen LogP contribution in [0, 0.1) is 11.3 Å². The van der Waals surface area contributed by atoms with Crippen LogP contribution in [-0.4, -0.2) is 36.6 Å². The van der Waals surface area contributed by atoms with Crippen LogP contribution in [-0.2, 0) is 19.1 Å². The Morgan fingerprint density at radius 3 is 2.14 bits per heavy atom. The van der Waals surface area contributed by atoms with Crippen LogP contribution < -0.4 is 0 Å². The molecule has 1 aromatic rings. The fraction of sp³-hybridized carbons (Fsp3) is 0.333. The Morgan fingerprint density at radius 2 is 1.62 bits per heavy atom. The molecule has 0 saturated carbocycles. The van der Waals surface area contributed by atoms with E-state index >= 15 is 0 Å². The molecule has 0 radical (unpaired) electrons. The molecule has 0 fully saturated rings. The SMILES string of the molecule is CCOC(=O)C(=N)C(C(=O)OCC)C(=O)c1ccccc1. The summed E-state index contributed by atoms with van der Waals surface area (Å²) in [7, 11) is 0. The molecule has 6 nitrogen and oxygen atoms in total. The topological polar surface area (TPSA) is 93.5 Å². The fourth-order valence-corrected chi connectivity index (χ4v) is 1.68. The number of hydrogen-bond donors (Lipinski definition) is 1. The van der Waals surface area contributed by atoms with Gasteiger partial charge in [0.05, 0.1) is 13.2 Å². The summed E-state index contributed by atoms with van der Waals surface area (Å²) in [4.78, 5) is 35.9. The van der Waals surface area contributed by atoms with Gasteiger partial charge in [0.1, 0.15) is 5.71 Å². The van der Waals surface area contributed by atoms with E-state index in [1.165, 1.54) is 12.1 Å². The van der Waals surface area contributed by atoms with E-state index < -0.39 is 29.4 Å². The first kappa shape index (κ1) is 16.6. The monoisotopic (exact) mass is 291 g/mol. The van der Waals surface area contributed by atoms with Crippen molar-refractivity contribution in [3.05, 3.63) is 35.9 Å². The molecule has 0 aromatic heterocycles. The zero-order chi connectivity index (χ0) is 15.8. The molecule has 6 heteroatoms. The van der Waals surface area contributed by atoms with Crippen molar-refractivity contribution in [1.29, 1.82) is 5.41 Å². The van der Waals surface area contributed by atoms with E-state index in [9.17, 15) is 14.4 Å². The zero-order valence-electron chi connectivity index (χ0n) is 11.9. The number of Topliss-reactive ketones (excluding diaryl/α,β-unsaturated/α-hetero) is 1.